The van der Waals surface area contributed by atoms with Gasteiger partial charge in [-0.3, -0.25) is 0 Å². The van der Waals surface area contributed by atoms with Crippen LogP contribution in [-0.2, 0) is 0 Å². The van der Waals surface area contributed by atoms with Crippen LogP contribution in [0.5, 0.6) is 0 Å². The molecular weight excluding hydrogens is 513 g/mol. The van der Waals surface area contributed by atoms with Crippen molar-refractivity contribution in [1.82, 2.24) is 0 Å². The van der Waals surface area contributed by atoms with Gasteiger partial charge >= 0.3 is 0 Å². The third kappa shape index (κ3) is 5.06. The zero-order valence-corrected chi connectivity index (χ0v) is 25.7. The molecule has 0 bridgehead atoms. The zero-order chi connectivity index (χ0) is 29.2. The number of hydrogen-bond donors (Lipinski definition) is 0. The highest BCUT2D eigenvalue weighted by Crippen LogP contribution is 2.51. The maximum absolute atomic E-state index is 16.0. The Bertz CT molecular complexity index is 1490. The Morgan fingerprint density at radius 1 is 0.463 bits per heavy atom. The van der Waals surface area contributed by atoms with E-state index in [1.54, 1.807) is 0 Å². The molecule has 3 aromatic rings. The summed E-state index contributed by atoms with van der Waals surface area (Å²) in [4.78, 5) is 0. The minimum absolute atomic E-state index is 0.0139. The molecule has 4 unspecified atom stereocenters. The van der Waals surface area contributed by atoms with E-state index in [9.17, 15) is 0 Å². The van der Waals surface area contributed by atoms with Gasteiger partial charge in [0.2, 0.25) is 0 Å². The smallest absolute Gasteiger partial charge is 0.129 e. The highest BCUT2D eigenvalue weighted by molar-refractivity contribution is 5.48. The van der Waals surface area contributed by atoms with Crippen LogP contribution in [0.25, 0.3) is 0 Å². The predicted octanol–water partition coefficient (Wildman–Crippen LogP) is 11.3. The summed E-state index contributed by atoms with van der Waals surface area (Å²) in [5.74, 6) is 1.29. The summed E-state index contributed by atoms with van der Waals surface area (Å²) >= 11 is 0. The Balaban J connectivity index is 1.30. The second-order valence-electron chi connectivity index (χ2n) is 13.7. The molecule has 3 saturated carbocycles. The normalized spacial score (nSPS) is 24.7. The van der Waals surface area contributed by atoms with Crippen molar-refractivity contribution in [2.45, 2.75) is 129 Å². The molecule has 0 spiro atoms. The molecule has 0 radical (unpaired) electrons. The van der Waals surface area contributed by atoms with Crippen LogP contribution in [0.15, 0.2) is 24.3 Å². The fourth-order valence-corrected chi connectivity index (χ4v) is 8.63. The molecule has 0 aromatic heterocycles. The van der Waals surface area contributed by atoms with Crippen molar-refractivity contribution in [3.63, 3.8) is 0 Å². The molecule has 218 valence electrons. The number of halogens is 3. The molecule has 0 saturated heterocycles. The van der Waals surface area contributed by atoms with Crippen LogP contribution >= 0.6 is 0 Å². The third-order valence-corrected chi connectivity index (χ3v) is 11.0. The average molecular weight is 559 g/mol. The zero-order valence-electron chi connectivity index (χ0n) is 25.7. The van der Waals surface area contributed by atoms with Crippen molar-refractivity contribution >= 4 is 0 Å². The summed E-state index contributed by atoms with van der Waals surface area (Å²) in [5.41, 5.74) is 10.8. The lowest BCUT2D eigenvalue weighted by Gasteiger charge is -2.33. The molecule has 0 nitrogen and oxygen atoms in total. The Labute approximate surface area is 244 Å². The van der Waals surface area contributed by atoms with Crippen molar-refractivity contribution < 1.29 is 13.2 Å². The van der Waals surface area contributed by atoms with Crippen molar-refractivity contribution in [2.75, 3.05) is 0 Å². The Morgan fingerprint density at radius 3 is 1.46 bits per heavy atom. The van der Waals surface area contributed by atoms with E-state index in [0.29, 0.717) is 17.8 Å². The van der Waals surface area contributed by atoms with Gasteiger partial charge in [-0.1, -0.05) is 30.7 Å². The SMILES string of the molecule is Cc1ccc(C)c(C2CCCC(c3cc(C)c(F)c(C4CCC(c5cc(C)c(F)c(C6CC6)c5C)C4)c3C)C2)c1F. The number of rotatable bonds is 5. The minimum atomic E-state index is -0.0458. The maximum Gasteiger partial charge on any atom is 0.129 e. The first-order chi connectivity index (χ1) is 19.6. The first-order valence-electron chi connectivity index (χ1n) is 15.9. The van der Waals surface area contributed by atoms with Crippen LogP contribution in [0, 0.1) is 59.0 Å². The van der Waals surface area contributed by atoms with Gasteiger partial charge in [-0.25, -0.2) is 13.2 Å². The van der Waals surface area contributed by atoms with E-state index in [1.165, 1.54) is 11.1 Å². The molecule has 0 N–H and O–H groups in total. The molecule has 3 heteroatoms. The fourth-order valence-electron chi connectivity index (χ4n) is 8.63. The topological polar surface area (TPSA) is 0 Å². The lowest BCUT2D eigenvalue weighted by Crippen LogP contribution is -2.18. The summed E-state index contributed by atoms with van der Waals surface area (Å²) in [6.07, 6.45) is 9.11. The van der Waals surface area contributed by atoms with Crippen LogP contribution in [-0.4, -0.2) is 0 Å². The van der Waals surface area contributed by atoms with Gasteiger partial charge in [0.25, 0.3) is 0 Å². The van der Waals surface area contributed by atoms with Gasteiger partial charge in [-0.2, -0.15) is 0 Å². The van der Waals surface area contributed by atoms with Gasteiger partial charge in [-0.15, -0.1) is 0 Å². The highest BCUT2D eigenvalue weighted by atomic mass is 19.1. The quantitative estimate of drug-likeness (QED) is 0.292. The first-order valence-corrected chi connectivity index (χ1v) is 15.9. The van der Waals surface area contributed by atoms with Gasteiger partial charge in [-0.05, 0) is 184 Å². The molecular formula is C38H45F3. The Morgan fingerprint density at radius 2 is 0.878 bits per heavy atom. The van der Waals surface area contributed by atoms with Crippen LogP contribution < -0.4 is 0 Å². The maximum atomic E-state index is 16.0. The molecule has 3 aromatic carbocycles. The molecule has 6 rings (SSSR count). The summed E-state index contributed by atoms with van der Waals surface area (Å²) < 4.78 is 46.3. The number of hydrogen-bond acceptors (Lipinski definition) is 0. The minimum Gasteiger partial charge on any atom is -0.206 e. The molecule has 3 aliphatic carbocycles. The van der Waals surface area contributed by atoms with Crippen molar-refractivity contribution in [3.05, 3.63) is 103 Å². The Kier molecular flexibility index (Phi) is 7.62. The van der Waals surface area contributed by atoms with E-state index in [4.69, 9.17) is 0 Å². The molecule has 3 fully saturated rings. The first kappa shape index (κ1) is 28.6. The van der Waals surface area contributed by atoms with E-state index < -0.39 is 0 Å². The molecule has 3 aliphatic rings. The van der Waals surface area contributed by atoms with Gasteiger partial charge < -0.3 is 0 Å². The lowest BCUT2D eigenvalue weighted by molar-refractivity contribution is 0.381. The van der Waals surface area contributed by atoms with Crippen molar-refractivity contribution in [2.24, 2.45) is 0 Å². The summed E-state index contributed by atoms with van der Waals surface area (Å²) in [6, 6.07) is 8.09. The summed E-state index contributed by atoms with van der Waals surface area (Å²) in [6.45, 7) is 11.9. The van der Waals surface area contributed by atoms with E-state index in [2.05, 4.69) is 32.0 Å². The highest BCUT2D eigenvalue weighted by Gasteiger charge is 2.36. The van der Waals surface area contributed by atoms with Crippen molar-refractivity contribution in [1.29, 1.82) is 0 Å². The molecule has 0 heterocycles. The van der Waals surface area contributed by atoms with E-state index in [1.807, 2.05) is 33.8 Å². The second-order valence-corrected chi connectivity index (χ2v) is 13.7. The van der Waals surface area contributed by atoms with Crippen molar-refractivity contribution in [3.8, 4) is 0 Å². The second kappa shape index (κ2) is 10.9. The standard InChI is InChI=1S/C38H45F3/c1-20-10-11-21(2)36(39)33(20)29-9-7-8-27(18-29)31-16-23(4)38(41)35(25(31)6)30-15-14-28(19-30)32-17-22(3)37(40)34(24(32)5)26-12-13-26/h10-11,16-17,26-30H,7-9,12-15,18-19H2,1-6H3. The molecule has 0 amide bonds. The lowest BCUT2D eigenvalue weighted by atomic mass is 9.72. The van der Waals surface area contributed by atoms with Crippen LogP contribution in [0.3, 0.4) is 0 Å². The molecule has 0 aliphatic heterocycles. The number of aryl methyl sites for hydroxylation is 4. The average Bonchev–Trinajstić information content (AvgIpc) is 3.67. The molecule has 41 heavy (non-hydrogen) atoms. The summed E-state index contributed by atoms with van der Waals surface area (Å²) in [5, 5.41) is 0. The fraction of sp³-hybridized carbons (Fsp3) is 0.526. The van der Waals surface area contributed by atoms with E-state index in [0.717, 1.165) is 108 Å². The van der Waals surface area contributed by atoms with E-state index in [-0.39, 0.29) is 29.3 Å². The van der Waals surface area contributed by atoms with Crippen LogP contribution in [0.4, 0.5) is 13.2 Å². The molecule has 4 atom stereocenters. The van der Waals surface area contributed by atoms with E-state index >= 15 is 13.2 Å². The van der Waals surface area contributed by atoms with Gasteiger partial charge in [0.05, 0.1) is 0 Å². The Hall–Kier alpha value is -2.55. The summed E-state index contributed by atoms with van der Waals surface area (Å²) in [7, 11) is 0. The van der Waals surface area contributed by atoms with Gasteiger partial charge in [0.1, 0.15) is 17.5 Å². The van der Waals surface area contributed by atoms with Crippen LogP contribution in [0.2, 0.25) is 0 Å². The monoisotopic (exact) mass is 558 g/mol. The third-order valence-electron chi connectivity index (χ3n) is 11.0. The number of benzene rings is 3. The van der Waals surface area contributed by atoms with Gasteiger partial charge in [0.15, 0.2) is 0 Å². The largest absolute Gasteiger partial charge is 0.206 e. The van der Waals surface area contributed by atoms with Gasteiger partial charge in [0, 0.05) is 0 Å². The van der Waals surface area contributed by atoms with Crippen LogP contribution in [0.1, 0.15) is 149 Å². The predicted molar refractivity (Wildman–Crippen MR) is 163 cm³/mol.